The Morgan fingerprint density at radius 1 is 1.04 bits per heavy atom. The average molecular weight is 450 g/mol. The highest BCUT2D eigenvalue weighted by atomic mass is 79.9. The molecule has 2 aromatic heterocycles. The lowest BCUT2D eigenvalue weighted by atomic mass is 10.1. The van der Waals surface area contributed by atoms with E-state index in [1.54, 1.807) is 23.7 Å². The molecule has 0 unspecified atom stereocenters. The van der Waals surface area contributed by atoms with Crippen LogP contribution in [0.2, 0.25) is 0 Å². The number of anilines is 1. The van der Waals surface area contributed by atoms with Crippen LogP contribution in [0.1, 0.15) is 5.56 Å². The summed E-state index contributed by atoms with van der Waals surface area (Å²) >= 11 is 4.98. The zero-order chi connectivity index (χ0) is 19.3. The maximum atomic E-state index is 12.4. The summed E-state index contributed by atoms with van der Waals surface area (Å²) in [5, 5.41) is 5.91. The van der Waals surface area contributed by atoms with E-state index in [9.17, 15) is 4.79 Å². The first-order valence-electron chi connectivity index (χ1n) is 8.68. The second-order valence-electron chi connectivity index (χ2n) is 6.21. The molecule has 1 amide bonds. The zero-order valence-corrected chi connectivity index (χ0v) is 17.2. The van der Waals surface area contributed by atoms with Crippen LogP contribution < -0.4 is 5.32 Å². The van der Waals surface area contributed by atoms with Crippen molar-refractivity contribution in [2.75, 3.05) is 5.32 Å². The minimum absolute atomic E-state index is 0.0474. The summed E-state index contributed by atoms with van der Waals surface area (Å²) in [6, 6.07) is 19.4. The smallest absolute Gasteiger partial charge is 0.228 e. The number of rotatable bonds is 5. The van der Waals surface area contributed by atoms with Gasteiger partial charge in [0, 0.05) is 39.1 Å². The molecule has 6 heteroatoms. The van der Waals surface area contributed by atoms with E-state index in [1.165, 1.54) is 0 Å². The van der Waals surface area contributed by atoms with Crippen LogP contribution in [0.15, 0.2) is 82.9 Å². The largest absolute Gasteiger partial charge is 0.326 e. The van der Waals surface area contributed by atoms with E-state index in [0.29, 0.717) is 6.42 Å². The lowest BCUT2D eigenvalue weighted by Crippen LogP contribution is -2.14. The molecule has 138 valence electrons. The van der Waals surface area contributed by atoms with E-state index < -0.39 is 0 Å². The maximum Gasteiger partial charge on any atom is 0.228 e. The van der Waals surface area contributed by atoms with Crippen molar-refractivity contribution >= 4 is 38.9 Å². The summed E-state index contributed by atoms with van der Waals surface area (Å²) in [5.41, 5.74) is 4.58. The van der Waals surface area contributed by atoms with Crippen LogP contribution in [0, 0.1) is 0 Å². The SMILES string of the molecule is O=C(Cc1ccc(Br)cc1)Nc1cccc(-c2csc(-c3cccnc3)n2)c1. The fourth-order valence-corrected chi connectivity index (χ4v) is 3.86. The average Bonchev–Trinajstić information content (AvgIpc) is 3.21. The third-order valence-electron chi connectivity index (χ3n) is 4.13. The van der Waals surface area contributed by atoms with Crippen LogP contribution in [0.4, 0.5) is 5.69 Å². The van der Waals surface area contributed by atoms with Gasteiger partial charge < -0.3 is 5.32 Å². The molecule has 1 N–H and O–H groups in total. The highest BCUT2D eigenvalue weighted by Crippen LogP contribution is 2.29. The molecule has 0 bridgehead atoms. The molecule has 0 atom stereocenters. The predicted molar refractivity (Wildman–Crippen MR) is 117 cm³/mol. The van der Waals surface area contributed by atoms with Gasteiger partial charge in [0.15, 0.2) is 0 Å². The summed E-state index contributed by atoms with van der Waals surface area (Å²) < 4.78 is 0.998. The number of carbonyl (C=O) groups excluding carboxylic acids is 1. The van der Waals surface area contributed by atoms with Gasteiger partial charge in [0.25, 0.3) is 0 Å². The third kappa shape index (κ3) is 4.52. The van der Waals surface area contributed by atoms with Crippen LogP contribution in [-0.4, -0.2) is 15.9 Å². The van der Waals surface area contributed by atoms with Crippen LogP contribution in [0.25, 0.3) is 21.8 Å². The molecule has 2 heterocycles. The van der Waals surface area contributed by atoms with Crippen molar-refractivity contribution in [3.63, 3.8) is 0 Å². The van der Waals surface area contributed by atoms with Gasteiger partial charge in [-0.15, -0.1) is 11.3 Å². The van der Waals surface area contributed by atoms with Crippen molar-refractivity contribution in [2.24, 2.45) is 0 Å². The standard InChI is InChI=1S/C22H16BrN3OS/c23-18-8-6-15(7-9-18)11-21(27)25-19-5-1-3-16(12-19)20-14-28-22(26-20)17-4-2-10-24-13-17/h1-10,12-14H,11H2,(H,25,27). The van der Waals surface area contributed by atoms with Gasteiger partial charge in [-0.3, -0.25) is 9.78 Å². The van der Waals surface area contributed by atoms with Gasteiger partial charge >= 0.3 is 0 Å². The lowest BCUT2D eigenvalue weighted by Gasteiger charge is -2.07. The van der Waals surface area contributed by atoms with Gasteiger partial charge in [-0.1, -0.05) is 40.2 Å². The first kappa shape index (κ1) is 18.5. The molecule has 0 spiro atoms. The number of carbonyl (C=O) groups is 1. The van der Waals surface area contributed by atoms with E-state index in [4.69, 9.17) is 4.98 Å². The minimum Gasteiger partial charge on any atom is -0.326 e. The number of thiazole rings is 1. The summed E-state index contributed by atoms with van der Waals surface area (Å²) in [7, 11) is 0. The number of amides is 1. The van der Waals surface area contributed by atoms with Crippen LogP contribution in [0.3, 0.4) is 0 Å². The quantitative estimate of drug-likeness (QED) is 0.417. The first-order valence-corrected chi connectivity index (χ1v) is 10.4. The lowest BCUT2D eigenvalue weighted by molar-refractivity contribution is -0.115. The van der Waals surface area contributed by atoms with Gasteiger partial charge in [-0.05, 0) is 42.0 Å². The monoisotopic (exact) mass is 449 g/mol. The number of pyridine rings is 1. The number of nitrogens with zero attached hydrogens (tertiary/aromatic N) is 2. The van der Waals surface area contributed by atoms with E-state index in [-0.39, 0.29) is 5.91 Å². The minimum atomic E-state index is -0.0474. The zero-order valence-electron chi connectivity index (χ0n) is 14.8. The van der Waals surface area contributed by atoms with Crippen molar-refractivity contribution in [2.45, 2.75) is 6.42 Å². The van der Waals surface area contributed by atoms with Crippen molar-refractivity contribution in [1.82, 2.24) is 9.97 Å². The molecule has 4 rings (SSSR count). The predicted octanol–water partition coefficient (Wildman–Crippen LogP) is 5.82. The Bertz CT molecular complexity index is 1090. The summed E-state index contributed by atoms with van der Waals surface area (Å²) in [6.45, 7) is 0. The van der Waals surface area contributed by atoms with Gasteiger partial charge in [-0.2, -0.15) is 0 Å². The fraction of sp³-hybridized carbons (Fsp3) is 0.0455. The molecule has 0 radical (unpaired) electrons. The number of hydrogen-bond donors (Lipinski definition) is 1. The van der Waals surface area contributed by atoms with E-state index in [0.717, 1.165) is 37.6 Å². The number of aromatic nitrogens is 2. The number of nitrogens with one attached hydrogen (secondary N) is 1. The Morgan fingerprint density at radius 3 is 2.64 bits per heavy atom. The topological polar surface area (TPSA) is 54.9 Å². The summed E-state index contributed by atoms with van der Waals surface area (Å²) in [5.74, 6) is -0.0474. The summed E-state index contributed by atoms with van der Waals surface area (Å²) in [6.07, 6.45) is 3.89. The maximum absolute atomic E-state index is 12.4. The van der Waals surface area contributed by atoms with Crippen LogP contribution in [0.5, 0.6) is 0 Å². The second-order valence-corrected chi connectivity index (χ2v) is 7.99. The molecule has 0 fully saturated rings. The highest BCUT2D eigenvalue weighted by Gasteiger charge is 2.09. The second kappa shape index (κ2) is 8.46. The Hall–Kier alpha value is -2.83. The van der Waals surface area contributed by atoms with Gasteiger partial charge in [0.1, 0.15) is 5.01 Å². The normalized spacial score (nSPS) is 10.6. The van der Waals surface area contributed by atoms with Gasteiger partial charge in [-0.25, -0.2) is 4.98 Å². The van der Waals surface area contributed by atoms with Crippen molar-refractivity contribution in [3.8, 4) is 21.8 Å². The molecule has 4 nitrogen and oxygen atoms in total. The fourth-order valence-electron chi connectivity index (χ4n) is 2.78. The molecule has 0 aliphatic rings. The molecule has 28 heavy (non-hydrogen) atoms. The van der Waals surface area contributed by atoms with Gasteiger partial charge in [0.05, 0.1) is 12.1 Å². The molecule has 0 aliphatic carbocycles. The number of benzene rings is 2. The third-order valence-corrected chi connectivity index (χ3v) is 5.55. The Balaban J connectivity index is 1.48. The molecule has 0 aliphatic heterocycles. The first-order chi connectivity index (χ1) is 13.7. The molecule has 2 aromatic carbocycles. The Morgan fingerprint density at radius 2 is 1.86 bits per heavy atom. The molecule has 0 saturated heterocycles. The molecule has 4 aromatic rings. The molecular weight excluding hydrogens is 434 g/mol. The van der Waals surface area contributed by atoms with E-state index >= 15 is 0 Å². The van der Waals surface area contributed by atoms with Crippen LogP contribution >= 0.6 is 27.3 Å². The number of hydrogen-bond acceptors (Lipinski definition) is 4. The van der Waals surface area contributed by atoms with E-state index in [1.807, 2.05) is 66.0 Å². The number of halogens is 1. The molecule has 0 saturated carbocycles. The summed E-state index contributed by atoms with van der Waals surface area (Å²) in [4.78, 5) is 21.2. The van der Waals surface area contributed by atoms with Crippen molar-refractivity contribution in [3.05, 3.63) is 88.5 Å². The Kier molecular flexibility index (Phi) is 5.60. The molecular formula is C22H16BrN3OS. The van der Waals surface area contributed by atoms with Crippen molar-refractivity contribution in [1.29, 1.82) is 0 Å². The van der Waals surface area contributed by atoms with Gasteiger partial charge in [0.2, 0.25) is 5.91 Å². The van der Waals surface area contributed by atoms with Crippen LogP contribution in [-0.2, 0) is 11.2 Å². The highest BCUT2D eigenvalue weighted by molar-refractivity contribution is 9.10. The van der Waals surface area contributed by atoms with E-state index in [2.05, 4.69) is 26.2 Å². The van der Waals surface area contributed by atoms with Crippen molar-refractivity contribution < 1.29 is 4.79 Å². The Labute approximate surface area is 175 Å².